The first-order valence-corrected chi connectivity index (χ1v) is 5.25. The summed E-state index contributed by atoms with van der Waals surface area (Å²) in [5.74, 6) is 0. The highest BCUT2D eigenvalue weighted by Gasteiger charge is 2.42. The predicted octanol–water partition coefficient (Wildman–Crippen LogP) is 1.92. The zero-order valence-electron chi connectivity index (χ0n) is 8.98. The van der Waals surface area contributed by atoms with Gasteiger partial charge in [0.05, 0.1) is 0 Å². The molecular formula is C12H15N3. The van der Waals surface area contributed by atoms with Gasteiger partial charge in [0.2, 0.25) is 0 Å². The molecule has 1 aromatic rings. The summed E-state index contributed by atoms with van der Waals surface area (Å²) in [4.78, 5) is 10.5. The van der Waals surface area contributed by atoms with E-state index in [0.717, 1.165) is 31.6 Å². The van der Waals surface area contributed by atoms with Gasteiger partial charge in [-0.2, -0.15) is 0 Å². The topological polar surface area (TPSA) is 20.5 Å². The Bertz CT molecular complexity index is 358. The lowest BCUT2D eigenvalue weighted by Crippen LogP contribution is -2.39. The monoisotopic (exact) mass is 201 g/mol. The molecule has 0 amide bonds. The van der Waals surface area contributed by atoms with Crippen molar-refractivity contribution in [1.82, 2.24) is 9.88 Å². The van der Waals surface area contributed by atoms with E-state index in [2.05, 4.69) is 21.8 Å². The molecule has 0 saturated carbocycles. The fourth-order valence-corrected chi connectivity index (χ4v) is 2.05. The quantitative estimate of drug-likeness (QED) is 0.647. The molecule has 2 heterocycles. The Morgan fingerprint density at radius 3 is 2.67 bits per heavy atom. The van der Waals surface area contributed by atoms with E-state index in [1.165, 1.54) is 0 Å². The van der Waals surface area contributed by atoms with Gasteiger partial charge in [0.15, 0.2) is 0 Å². The van der Waals surface area contributed by atoms with Crippen LogP contribution in [0, 0.1) is 6.57 Å². The Morgan fingerprint density at radius 1 is 1.40 bits per heavy atom. The van der Waals surface area contributed by atoms with Gasteiger partial charge in [-0.1, -0.05) is 6.07 Å². The fraction of sp³-hybridized carbons (Fsp3) is 0.500. The summed E-state index contributed by atoms with van der Waals surface area (Å²) in [5, 5.41) is 0. The normalized spacial score (nSPS) is 20.8. The minimum absolute atomic E-state index is 0.367. The Hall–Kier alpha value is -1.40. The molecule has 3 nitrogen and oxygen atoms in total. The van der Waals surface area contributed by atoms with Crippen LogP contribution in [-0.4, -0.2) is 30.0 Å². The van der Waals surface area contributed by atoms with E-state index in [1.807, 2.05) is 18.2 Å². The van der Waals surface area contributed by atoms with Gasteiger partial charge in [-0.05, 0) is 19.2 Å². The Morgan fingerprint density at radius 2 is 2.13 bits per heavy atom. The lowest BCUT2D eigenvalue weighted by Gasteiger charge is -2.31. The van der Waals surface area contributed by atoms with Crippen LogP contribution in [0.2, 0.25) is 0 Å². The van der Waals surface area contributed by atoms with Gasteiger partial charge in [-0.3, -0.25) is 4.98 Å². The number of rotatable bonds is 1. The number of hydrogen-bond acceptors (Lipinski definition) is 2. The molecule has 0 atom stereocenters. The maximum absolute atomic E-state index is 7.41. The summed E-state index contributed by atoms with van der Waals surface area (Å²) in [5.41, 5.74) is 0.571. The average molecular weight is 201 g/mol. The molecule has 1 aliphatic heterocycles. The predicted molar refractivity (Wildman–Crippen MR) is 59.2 cm³/mol. The van der Waals surface area contributed by atoms with Crippen molar-refractivity contribution in [2.24, 2.45) is 0 Å². The third-order valence-electron chi connectivity index (χ3n) is 3.17. The second kappa shape index (κ2) is 4.00. The molecule has 2 rings (SSSR count). The van der Waals surface area contributed by atoms with Crippen LogP contribution in [0.25, 0.3) is 4.85 Å². The highest BCUT2D eigenvalue weighted by molar-refractivity contribution is 5.21. The first-order chi connectivity index (χ1) is 7.27. The number of likely N-dealkylation sites (tertiary alicyclic amines) is 1. The Kier molecular flexibility index (Phi) is 2.70. The van der Waals surface area contributed by atoms with E-state index < -0.39 is 0 Å². The van der Waals surface area contributed by atoms with Crippen molar-refractivity contribution in [3.8, 4) is 0 Å². The highest BCUT2D eigenvalue weighted by Crippen LogP contribution is 2.35. The van der Waals surface area contributed by atoms with Crippen LogP contribution < -0.4 is 0 Å². The van der Waals surface area contributed by atoms with Gasteiger partial charge in [-0.15, -0.1) is 0 Å². The molecule has 1 aliphatic rings. The highest BCUT2D eigenvalue weighted by atomic mass is 15.1. The van der Waals surface area contributed by atoms with Gasteiger partial charge in [0.1, 0.15) is 5.69 Å². The first kappa shape index (κ1) is 10.1. The van der Waals surface area contributed by atoms with Gasteiger partial charge < -0.3 is 9.74 Å². The van der Waals surface area contributed by atoms with E-state index >= 15 is 0 Å². The molecule has 1 fully saturated rings. The van der Waals surface area contributed by atoms with Crippen molar-refractivity contribution in [1.29, 1.82) is 0 Å². The lowest BCUT2D eigenvalue weighted by molar-refractivity contribution is 0.213. The molecule has 78 valence electrons. The van der Waals surface area contributed by atoms with Crippen molar-refractivity contribution < 1.29 is 0 Å². The molecule has 0 unspecified atom stereocenters. The Labute approximate surface area is 90.6 Å². The van der Waals surface area contributed by atoms with Crippen molar-refractivity contribution in [3.05, 3.63) is 41.5 Å². The number of piperidine rings is 1. The standard InChI is InChI=1S/C12H15N3/c1-13-12(6-9-15(2)10-7-12)11-5-3-4-8-14-11/h3-5,8H,6-7,9-10H2,2H3. The minimum Gasteiger partial charge on any atom is -0.306 e. The molecule has 0 N–H and O–H groups in total. The lowest BCUT2D eigenvalue weighted by atomic mass is 9.85. The molecular weight excluding hydrogens is 186 g/mol. The largest absolute Gasteiger partial charge is 0.306 e. The molecule has 0 aliphatic carbocycles. The summed E-state index contributed by atoms with van der Waals surface area (Å²) in [6.07, 6.45) is 3.56. The van der Waals surface area contributed by atoms with Gasteiger partial charge in [-0.25, -0.2) is 6.57 Å². The van der Waals surface area contributed by atoms with Gasteiger partial charge in [0.25, 0.3) is 5.54 Å². The maximum atomic E-state index is 7.41. The number of pyridine rings is 1. The van der Waals surface area contributed by atoms with Crippen LogP contribution in [0.4, 0.5) is 0 Å². The van der Waals surface area contributed by atoms with Crippen LogP contribution in [-0.2, 0) is 5.54 Å². The van der Waals surface area contributed by atoms with Crippen molar-refractivity contribution in [2.75, 3.05) is 20.1 Å². The molecule has 15 heavy (non-hydrogen) atoms. The molecule has 3 heteroatoms. The van der Waals surface area contributed by atoms with Crippen LogP contribution in [0.1, 0.15) is 18.5 Å². The SMILES string of the molecule is [C-]#[N+]C1(c2ccccn2)CCN(C)CC1. The van der Waals surface area contributed by atoms with E-state index in [0.29, 0.717) is 0 Å². The number of nitrogens with zero attached hydrogens (tertiary/aromatic N) is 3. The first-order valence-electron chi connectivity index (χ1n) is 5.25. The van der Waals surface area contributed by atoms with Crippen molar-refractivity contribution in [2.45, 2.75) is 18.4 Å². The number of aromatic nitrogens is 1. The second-order valence-corrected chi connectivity index (χ2v) is 4.16. The van der Waals surface area contributed by atoms with E-state index in [1.54, 1.807) is 6.20 Å². The van der Waals surface area contributed by atoms with Gasteiger partial charge >= 0.3 is 0 Å². The molecule has 0 aromatic carbocycles. The summed E-state index contributed by atoms with van der Waals surface area (Å²) >= 11 is 0. The third-order valence-corrected chi connectivity index (χ3v) is 3.17. The minimum atomic E-state index is -0.367. The van der Waals surface area contributed by atoms with Crippen LogP contribution in [0.15, 0.2) is 24.4 Å². The maximum Gasteiger partial charge on any atom is 0.276 e. The number of hydrogen-bond donors (Lipinski definition) is 0. The molecule has 1 aromatic heterocycles. The zero-order valence-corrected chi connectivity index (χ0v) is 8.98. The molecule has 0 radical (unpaired) electrons. The van der Waals surface area contributed by atoms with Crippen molar-refractivity contribution in [3.63, 3.8) is 0 Å². The molecule has 1 saturated heterocycles. The van der Waals surface area contributed by atoms with Crippen LogP contribution >= 0.6 is 0 Å². The molecule has 0 bridgehead atoms. The van der Waals surface area contributed by atoms with Crippen molar-refractivity contribution >= 4 is 0 Å². The summed E-state index contributed by atoms with van der Waals surface area (Å²) in [6, 6.07) is 5.84. The van der Waals surface area contributed by atoms with Gasteiger partial charge in [0, 0.05) is 32.1 Å². The van der Waals surface area contributed by atoms with E-state index in [4.69, 9.17) is 6.57 Å². The summed E-state index contributed by atoms with van der Waals surface area (Å²) < 4.78 is 0. The third kappa shape index (κ3) is 1.86. The van der Waals surface area contributed by atoms with E-state index in [9.17, 15) is 0 Å². The van der Waals surface area contributed by atoms with Crippen LogP contribution in [0.5, 0.6) is 0 Å². The second-order valence-electron chi connectivity index (χ2n) is 4.16. The zero-order chi connectivity index (χ0) is 10.7. The van der Waals surface area contributed by atoms with E-state index in [-0.39, 0.29) is 5.54 Å². The molecule has 0 spiro atoms. The Balaban J connectivity index is 2.28. The van der Waals surface area contributed by atoms with Crippen LogP contribution in [0.3, 0.4) is 0 Å². The fourth-order valence-electron chi connectivity index (χ4n) is 2.05. The summed E-state index contributed by atoms with van der Waals surface area (Å²) in [6.45, 7) is 9.39. The average Bonchev–Trinajstić information content (AvgIpc) is 2.32. The summed E-state index contributed by atoms with van der Waals surface area (Å²) in [7, 11) is 2.10. The smallest absolute Gasteiger partial charge is 0.276 e.